The molecule has 94 valence electrons. The van der Waals surface area contributed by atoms with Crippen molar-refractivity contribution in [2.75, 3.05) is 11.5 Å². The molecule has 0 aliphatic heterocycles. The van der Waals surface area contributed by atoms with Crippen molar-refractivity contribution in [3.63, 3.8) is 0 Å². The lowest BCUT2D eigenvalue weighted by Crippen LogP contribution is -2.13. The Labute approximate surface area is 115 Å². The van der Waals surface area contributed by atoms with E-state index in [1.54, 1.807) is 11.1 Å². The van der Waals surface area contributed by atoms with Gasteiger partial charge in [0, 0.05) is 10.6 Å². The predicted molar refractivity (Wildman–Crippen MR) is 81.4 cm³/mol. The van der Waals surface area contributed by atoms with E-state index >= 15 is 0 Å². The summed E-state index contributed by atoms with van der Waals surface area (Å²) in [5.74, 6) is 3.64. The Bertz CT molecular complexity index is 371. The van der Waals surface area contributed by atoms with Gasteiger partial charge in [0.2, 0.25) is 0 Å². The molecule has 2 heteroatoms. The second-order valence-corrected chi connectivity index (χ2v) is 6.74. The molecule has 0 heterocycles. The van der Waals surface area contributed by atoms with E-state index in [-0.39, 0.29) is 0 Å². The number of rotatable bonds is 5. The minimum atomic E-state index is 0.719. The van der Waals surface area contributed by atoms with Crippen molar-refractivity contribution in [1.29, 1.82) is 0 Å². The van der Waals surface area contributed by atoms with Gasteiger partial charge < -0.3 is 0 Å². The van der Waals surface area contributed by atoms with Crippen LogP contribution in [0.15, 0.2) is 23.1 Å². The van der Waals surface area contributed by atoms with Gasteiger partial charge in [-0.1, -0.05) is 19.9 Å². The molecule has 1 aromatic carbocycles. The quantitative estimate of drug-likeness (QED) is 0.606. The molecule has 0 fully saturated rings. The van der Waals surface area contributed by atoms with E-state index in [0.717, 1.165) is 17.6 Å². The first-order valence-electron chi connectivity index (χ1n) is 6.56. The highest BCUT2D eigenvalue weighted by Gasteiger charge is 2.14. The van der Waals surface area contributed by atoms with Crippen LogP contribution in [0, 0.1) is 11.8 Å². The highest BCUT2D eigenvalue weighted by atomic mass is 32.2. The molecule has 1 atom stereocenters. The van der Waals surface area contributed by atoms with Gasteiger partial charge in [0.25, 0.3) is 0 Å². The highest BCUT2D eigenvalue weighted by molar-refractivity contribution is 7.99. The van der Waals surface area contributed by atoms with Crippen LogP contribution in [0.2, 0.25) is 0 Å². The fourth-order valence-corrected chi connectivity index (χ4v) is 4.32. The van der Waals surface area contributed by atoms with Crippen LogP contribution in [0.1, 0.15) is 31.4 Å². The van der Waals surface area contributed by atoms with Crippen molar-refractivity contribution >= 4 is 24.4 Å². The van der Waals surface area contributed by atoms with Crippen LogP contribution in [-0.4, -0.2) is 11.5 Å². The number of aryl methyl sites for hydroxylation is 2. The Hall–Kier alpha value is -0.0800. The fraction of sp³-hybridized carbons (Fsp3) is 0.600. The van der Waals surface area contributed by atoms with Gasteiger partial charge in [-0.25, -0.2) is 0 Å². The van der Waals surface area contributed by atoms with Gasteiger partial charge in [0.1, 0.15) is 0 Å². The highest BCUT2D eigenvalue weighted by Crippen LogP contribution is 2.30. The van der Waals surface area contributed by atoms with Crippen molar-refractivity contribution < 1.29 is 0 Å². The second kappa shape index (κ2) is 6.19. The molecule has 0 N–H and O–H groups in total. The summed E-state index contributed by atoms with van der Waals surface area (Å²) < 4.78 is 0. The van der Waals surface area contributed by atoms with Gasteiger partial charge in [-0.15, -0.1) is 11.8 Å². The van der Waals surface area contributed by atoms with Crippen LogP contribution in [-0.2, 0) is 12.8 Å². The zero-order chi connectivity index (χ0) is 12.3. The number of benzene rings is 1. The van der Waals surface area contributed by atoms with E-state index in [4.69, 9.17) is 0 Å². The largest absolute Gasteiger partial charge is 0.179 e. The molecule has 0 spiro atoms. The third-order valence-corrected chi connectivity index (χ3v) is 5.36. The molecule has 0 aromatic heterocycles. The molecule has 17 heavy (non-hydrogen) atoms. The molecule has 1 aliphatic rings. The van der Waals surface area contributed by atoms with Crippen LogP contribution in [0.3, 0.4) is 0 Å². The maximum Gasteiger partial charge on any atom is 0.00749 e. The second-order valence-electron chi connectivity index (χ2n) is 5.28. The van der Waals surface area contributed by atoms with Gasteiger partial charge >= 0.3 is 0 Å². The zero-order valence-corrected chi connectivity index (χ0v) is 12.5. The van der Waals surface area contributed by atoms with Gasteiger partial charge in [-0.05, 0) is 60.1 Å². The van der Waals surface area contributed by atoms with Gasteiger partial charge in [-0.3, -0.25) is 0 Å². The molecule has 2 rings (SSSR count). The predicted octanol–water partition coefficient (Wildman–Crippen LogP) is 4.47. The van der Waals surface area contributed by atoms with Crippen LogP contribution >= 0.6 is 24.4 Å². The van der Waals surface area contributed by atoms with E-state index in [1.165, 1.54) is 29.9 Å². The molecule has 0 saturated carbocycles. The summed E-state index contributed by atoms with van der Waals surface area (Å²) in [5, 5.41) is 0. The first-order chi connectivity index (χ1) is 8.20. The van der Waals surface area contributed by atoms with Crippen LogP contribution in [0.5, 0.6) is 0 Å². The third-order valence-electron chi connectivity index (χ3n) is 3.71. The van der Waals surface area contributed by atoms with Crippen molar-refractivity contribution in [2.24, 2.45) is 11.8 Å². The summed E-state index contributed by atoms with van der Waals surface area (Å²) in [6, 6.07) is 7.03. The van der Waals surface area contributed by atoms with Crippen LogP contribution in [0.25, 0.3) is 0 Å². The summed E-state index contributed by atoms with van der Waals surface area (Å²) in [4.78, 5) is 1.44. The SMILES string of the molecule is CC(C)C(CS)CSc1ccc2c(c1)CCC2. The molecule has 0 saturated heterocycles. The van der Waals surface area contributed by atoms with Crippen molar-refractivity contribution in [3.05, 3.63) is 29.3 Å². The third kappa shape index (κ3) is 3.45. The molecule has 1 aromatic rings. The van der Waals surface area contributed by atoms with Crippen LogP contribution in [0.4, 0.5) is 0 Å². The average molecular weight is 266 g/mol. The molecule has 0 radical (unpaired) electrons. The molecule has 1 unspecified atom stereocenters. The Balaban J connectivity index is 1.95. The lowest BCUT2D eigenvalue weighted by molar-refractivity contribution is 0.473. The summed E-state index contributed by atoms with van der Waals surface area (Å²) in [7, 11) is 0. The number of thiol groups is 1. The number of thioether (sulfide) groups is 1. The normalized spacial score (nSPS) is 16.2. The maximum absolute atomic E-state index is 4.45. The average Bonchev–Trinajstić information content (AvgIpc) is 2.76. The Morgan fingerprint density at radius 3 is 2.71 bits per heavy atom. The number of hydrogen-bond acceptors (Lipinski definition) is 2. The number of fused-ring (bicyclic) bond motifs is 1. The van der Waals surface area contributed by atoms with Crippen molar-refractivity contribution in [2.45, 2.75) is 38.0 Å². The minimum Gasteiger partial charge on any atom is -0.179 e. The Morgan fingerprint density at radius 2 is 2.00 bits per heavy atom. The fourth-order valence-electron chi connectivity index (χ4n) is 2.30. The minimum absolute atomic E-state index is 0.719. The topological polar surface area (TPSA) is 0 Å². The van der Waals surface area contributed by atoms with Gasteiger partial charge in [-0.2, -0.15) is 12.6 Å². The van der Waals surface area contributed by atoms with E-state index in [1.807, 2.05) is 11.8 Å². The lowest BCUT2D eigenvalue weighted by atomic mass is 10.0. The van der Waals surface area contributed by atoms with E-state index in [0.29, 0.717) is 0 Å². The van der Waals surface area contributed by atoms with Gasteiger partial charge in [0.15, 0.2) is 0 Å². The summed E-state index contributed by atoms with van der Waals surface area (Å²) in [6.07, 6.45) is 3.91. The van der Waals surface area contributed by atoms with E-state index in [2.05, 4.69) is 44.7 Å². The van der Waals surface area contributed by atoms with Crippen molar-refractivity contribution in [1.82, 2.24) is 0 Å². The lowest BCUT2D eigenvalue weighted by Gasteiger charge is -2.18. The van der Waals surface area contributed by atoms with Gasteiger partial charge in [0.05, 0.1) is 0 Å². The first kappa shape index (κ1) is 13.4. The molecule has 0 nitrogen and oxygen atoms in total. The van der Waals surface area contributed by atoms with Crippen LogP contribution < -0.4 is 0 Å². The maximum atomic E-state index is 4.45. The summed E-state index contributed by atoms with van der Waals surface area (Å²) in [5.41, 5.74) is 3.16. The smallest absolute Gasteiger partial charge is 0.00749 e. The molecular formula is C15H22S2. The van der Waals surface area contributed by atoms with E-state index in [9.17, 15) is 0 Å². The monoisotopic (exact) mass is 266 g/mol. The Morgan fingerprint density at radius 1 is 1.24 bits per heavy atom. The summed E-state index contributed by atoms with van der Waals surface area (Å²) in [6.45, 7) is 4.59. The zero-order valence-electron chi connectivity index (χ0n) is 10.8. The number of hydrogen-bond donors (Lipinski definition) is 1. The standard InChI is InChI=1S/C15H22S2/c1-11(2)14(9-16)10-17-15-7-6-12-4-3-5-13(12)8-15/h6-8,11,14,16H,3-5,9-10H2,1-2H3. The van der Waals surface area contributed by atoms with E-state index < -0.39 is 0 Å². The first-order valence-corrected chi connectivity index (χ1v) is 8.18. The molecule has 0 amide bonds. The molecular weight excluding hydrogens is 244 g/mol. The summed E-state index contributed by atoms with van der Waals surface area (Å²) >= 11 is 6.45. The Kier molecular flexibility index (Phi) is 4.87. The van der Waals surface area contributed by atoms with Crippen molar-refractivity contribution in [3.8, 4) is 0 Å². The molecule has 0 bridgehead atoms. The molecule has 1 aliphatic carbocycles.